The number of hydrogen-bond donors (Lipinski definition) is 3. The van der Waals surface area contributed by atoms with Gasteiger partial charge in [0, 0.05) is 28.4 Å². The average molecular weight is 559 g/mol. The smallest absolute Gasteiger partial charge is 0.116 e. The van der Waals surface area contributed by atoms with E-state index >= 15 is 0 Å². The molecule has 4 heteroatoms. The van der Waals surface area contributed by atoms with Gasteiger partial charge in [-0.25, -0.2) is 0 Å². The normalized spacial score (nSPS) is 11.1. The SMILES string of the molecule is Cc1ccccc1Nc1ccc(-c2ccc(N(c3ccc4cc(O)ccc4c3)c3ccc4cc(O)ccc4c3)cc2)cc1. The number of aryl methyl sites for hydroxylation is 1. The Kier molecular flexibility index (Phi) is 6.65. The highest BCUT2D eigenvalue weighted by Gasteiger charge is 2.15. The van der Waals surface area contributed by atoms with Crippen molar-refractivity contribution in [3.63, 3.8) is 0 Å². The first-order valence-electron chi connectivity index (χ1n) is 14.3. The van der Waals surface area contributed by atoms with Gasteiger partial charge in [0.15, 0.2) is 0 Å². The van der Waals surface area contributed by atoms with Crippen LogP contribution in [0.3, 0.4) is 0 Å². The van der Waals surface area contributed by atoms with Gasteiger partial charge in [-0.15, -0.1) is 0 Å². The van der Waals surface area contributed by atoms with Gasteiger partial charge in [-0.2, -0.15) is 0 Å². The highest BCUT2D eigenvalue weighted by atomic mass is 16.3. The lowest BCUT2D eigenvalue weighted by molar-refractivity contribution is 0.475. The number of fused-ring (bicyclic) bond motifs is 2. The van der Waals surface area contributed by atoms with E-state index in [0.29, 0.717) is 0 Å². The molecule has 0 radical (unpaired) electrons. The number of phenolic OH excluding ortho intramolecular Hbond substituents is 2. The first-order valence-corrected chi connectivity index (χ1v) is 14.3. The highest BCUT2D eigenvalue weighted by Crippen LogP contribution is 2.39. The number of phenols is 2. The van der Waals surface area contributed by atoms with Crippen LogP contribution < -0.4 is 10.2 Å². The van der Waals surface area contributed by atoms with E-state index in [0.717, 1.165) is 61.1 Å². The van der Waals surface area contributed by atoms with Crippen molar-refractivity contribution in [2.45, 2.75) is 6.92 Å². The molecular formula is C39H30N2O2. The van der Waals surface area contributed by atoms with Gasteiger partial charge in [0.2, 0.25) is 0 Å². The van der Waals surface area contributed by atoms with Crippen LogP contribution in [0.4, 0.5) is 28.4 Å². The summed E-state index contributed by atoms with van der Waals surface area (Å²) in [5.41, 5.74) is 8.69. The molecule has 0 aliphatic heterocycles. The van der Waals surface area contributed by atoms with E-state index in [-0.39, 0.29) is 11.5 Å². The minimum absolute atomic E-state index is 0.254. The van der Waals surface area contributed by atoms with Crippen molar-refractivity contribution >= 4 is 50.0 Å². The number of para-hydroxylation sites is 1. The summed E-state index contributed by atoms with van der Waals surface area (Å²) in [5, 5.41) is 27.5. The third kappa shape index (κ3) is 5.34. The summed E-state index contributed by atoms with van der Waals surface area (Å²) >= 11 is 0. The van der Waals surface area contributed by atoms with Crippen LogP contribution >= 0.6 is 0 Å². The fraction of sp³-hybridized carbons (Fsp3) is 0.0256. The van der Waals surface area contributed by atoms with Gasteiger partial charge in [-0.05, 0) is 124 Å². The van der Waals surface area contributed by atoms with Gasteiger partial charge >= 0.3 is 0 Å². The second kappa shape index (κ2) is 10.9. The molecule has 43 heavy (non-hydrogen) atoms. The molecule has 0 amide bonds. The van der Waals surface area contributed by atoms with E-state index in [1.54, 1.807) is 24.3 Å². The first kappa shape index (κ1) is 26.2. The standard InChI is InChI=1S/C39H30N2O2/c1-26-4-2-3-5-39(26)40-33-14-6-27(7-15-33)28-8-16-34(17-9-28)41(35-18-10-31-24-37(42)20-12-29(31)22-35)36-19-11-32-25-38(43)21-13-30(32)23-36/h2-25,40,42-43H,1H3. The van der Waals surface area contributed by atoms with Crippen LogP contribution in [0.1, 0.15) is 5.56 Å². The highest BCUT2D eigenvalue weighted by molar-refractivity contribution is 5.93. The summed E-state index contributed by atoms with van der Waals surface area (Å²) < 4.78 is 0. The lowest BCUT2D eigenvalue weighted by Crippen LogP contribution is -2.09. The van der Waals surface area contributed by atoms with Gasteiger partial charge in [-0.1, -0.05) is 66.7 Å². The fourth-order valence-electron chi connectivity index (χ4n) is 5.58. The monoisotopic (exact) mass is 558 g/mol. The molecule has 0 unspecified atom stereocenters. The molecule has 0 aromatic heterocycles. The van der Waals surface area contributed by atoms with Crippen LogP contribution in [0.15, 0.2) is 146 Å². The second-order valence-electron chi connectivity index (χ2n) is 10.8. The Morgan fingerprint density at radius 3 is 1.49 bits per heavy atom. The zero-order valence-corrected chi connectivity index (χ0v) is 23.7. The average Bonchev–Trinajstić information content (AvgIpc) is 3.03. The maximum atomic E-state index is 9.97. The summed E-state index contributed by atoms with van der Waals surface area (Å²) in [4.78, 5) is 2.23. The number of nitrogens with one attached hydrogen (secondary N) is 1. The number of rotatable bonds is 6. The van der Waals surface area contributed by atoms with E-state index in [4.69, 9.17) is 0 Å². The number of aromatic hydroxyl groups is 2. The van der Waals surface area contributed by atoms with Crippen LogP contribution in [0.2, 0.25) is 0 Å². The minimum Gasteiger partial charge on any atom is -0.508 e. The van der Waals surface area contributed by atoms with Crippen molar-refractivity contribution in [3.8, 4) is 22.6 Å². The van der Waals surface area contributed by atoms with Gasteiger partial charge < -0.3 is 20.4 Å². The molecule has 0 atom stereocenters. The van der Waals surface area contributed by atoms with Crippen molar-refractivity contribution in [2.24, 2.45) is 0 Å². The van der Waals surface area contributed by atoms with E-state index in [2.05, 4.69) is 102 Å². The van der Waals surface area contributed by atoms with Crippen molar-refractivity contribution < 1.29 is 10.2 Å². The molecule has 0 aliphatic rings. The molecule has 3 N–H and O–H groups in total. The summed E-state index contributed by atoms with van der Waals surface area (Å²) in [6, 6.07) is 48.8. The van der Waals surface area contributed by atoms with Crippen molar-refractivity contribution in [3.05, 3.63) is 151 Å². The molecular weight excluding hydrogens is 528 g/mol. The van der Waals surface area contributed by atoms with Crippen molar-refractivity contribution in [2.75, 3.05) is 10.2 Å². The molecule has 4 nitrogen and oxygen atoms in total. The minimum atomic E-state index is 0.254. The Morgan fingerprint density at radius 1 is 0.465 bits per heavy atom. The Hall–Kier alpha value is -5.74. The summed E-state index contributed by atoms with van der Waals surface area (Å²) in [7, 11) is 0. The molecule has 7 aromatic carbocycles. The molecule has 7 aromatic rings. The summed E-state index contributed by atoms with van der Waals surface area (Å²) in [6.07, 6.45) is 0. The number of nitrogens with zero attached hydrogens (tertiary/aromatic N) is 1. The van der Waals surface area contributed by atoms with Gasteiger partial charge in [0.05, 0.1) is 0 Å². The largest absolute Gasteiger partial charge is 0.508 e. The maximum Gasteiger partial charge on any atom is 0.116 e. The van der Waals surface area contributed by atoms with Crippen LogP contribution in [0.5, 0.6) is 11.5 Å². The Morgan fingerprint density at radius 2 is 0.930 bits per heavy atom. The van der Waals surface area contributed by atoms with E-state index in [9.17, 15) is 10.2 Å². The second-order valence-corrected chi connectivity index (χ2v) is 10.8. The summed E-state index contributed by atoms with van der Waals surface area (Å²) in [6.45, 7) is 2.10. The molecule has 0 heterocycles. The number of hydrogen-bond acceptors (Lipinski definition) is 4. The lowest BCUT2D eigenvalue weighted by atomic mass is 10.0. The fourth-order valence-corrected chi connectivity index (χ4v) is 5.58. The quantitative estimate of drug-likeness (QED) is 0.190. The zero-order valence-electron chi connectivity index (χ0n) is 23.7. The molecule has 0 saturated carbocycles. The number of anilines is 5. The predicted octanol–water partition coefficient (Wildman–Crippen LogP) is 10.6. The predicted molar refractivity (Wildman–Crippen MR) is 179 cm³/mol. The van der Waals surface area contributed by atoms with Crippen molar-refractivity contribution in [1.29, 1.82) is 0 Å². The lowest BCUT2D eigenvalue weighted by Gasteiger charge is -2.26. The van der Waals surface area contributed by atoms with Crippen LogP contribution in [0, 0.1) is 6.92 Å². The van der Waals surface area contributed by atoms with Crippen molar-refractivity contribution in [1.82, 2.24) is 0 Å². The van der Waals surface area contributed by atoms with Crippen LogP contribution in [0.25, 0.3) is 32.7 Å². The van der Waals surface area contributed by atoms with E-state index in [1.807, 2.05) is 36.4 Å². The molecule has 0 saturated heterocycles. The zero-order chi connectivity index (χ0) is 29.3. The maximum absolute atomic E-state index is 9.97. The third-order valence-electron chi connectivity index (χ3n) is 7.90. The summed E-state index contributed by atoms with van der Waals surface area (Å²) in [5.74, 6) is 0.508. The van der Waals surface area contributed by atoms with Gasteiger partial charge in [0.25, 0.3) is 0 Å². The molecule has 7 rings (SSSR count). The molecule has 0 bridgehead atoms. The molecule has 0 spiro atoms. The molecule has 0 fully saturated rings. The Balaban J connectivity index is 1.24. The van der Waals surface area contributed by atoms with Crippen LogP contribution in [-0.2, 0) is 0 Å². The van der Waals surface area contributed by atoms with Gasteiger partial charge in [-0.3, -0.25) is 0 Å². The first-order chi connectivity index (χ1) is 21.0. The van der Waals surface area contributed by atoms with E-state index < -0.39 is 0 Å². The number of benzene rings is 7. The topological polar surface area (TPSA) is 55.7 Å². The Labute approximate surface area is 250 Å². The molecule has 208 valence electrons. The van der Waals surface area contributed by atoms with Gasteiger partial charge in [0.1, 0.15) is 11.5 Å². The third-order valence-corrected chi connectivity index (χ3v) is 7.90. The van der Waals surface area contributed by atoms with Crippen LogP contribution in [-0.4, -0.2) is 10.2 Å². The van der Waals surface area contributed by atoms with E-state index in [1.165, 1.54) is 5.56 Å². The Bertz CT molecular complexity index is 2000. The molecule has 0 aliphatic carbocycles.